The Morgan fingerprint density at radius 1 is 0.642 bits per heavy atom. The molecule has 0 saturated carbocycles. The number of nitrogens with one attached hydrogen (secondary N) is 2. The molecule has 0 fully saturated rings. The third-order valence-corrected chi connectivity index (χ3v) is 12.0. The van der Waals surface area contributed by atoms with Gasteiger partial charge in [-0.1, -0.05) is 49.3 Å². The summed E-state index contributed by atoms with van der Waals surface area (Å²) in [6.07, 6.45) is 8.69. The monoisotopic (exact) mass is 938 g/mol. The number of aromatic nitrogens is 6. The van der Waals surface area contributed by atoms with Gasteiger partial charge in [0.25, 0.3) is 0 Å². The van der Waals surface area contributed by atoms with E-state index in [0.717, 1.165) is 69.6 Å². The van der Waals surface area contributed by atoms with Gasteiger partial charge in [-0.25, -0.2) is 39.5 Å². The van der Waals surface area contributed by atoms with Crippen LogP contribution in [-0.4, -0.2) is 91.9 Å². The molecular formula is C48H53F3N10O5S. The van der Waals surface area contributed by atoms with Gasteiger partial charge < -0.3 is 24.6 Å². The summed E-state index contributed by atoms with van der Waals surface area (Å²) in [6, 6.07) is 15.0. The van der Waals surface area contributed by atoms with E-state index in [4.69, 9.17) is 4.98 Å². The van der Waals surface area contributed by atoms with E-state index in [2.05, 4.69) is 71.8 Å². The lowest BCUT2D eigenvalue weighted by Crippen LogP contribution is -2.33. The van der Waals surface area contributed by atoms with Gasteiger partial charge in [-0.15, -0.1) is 0 Å². The van der Waals surface area contributed by atoms with Crippen molar-refractivity contribution in [2.75, 3.05) is 36.8 Å². The Kier molecular flexibility index (Phi) is 15.2. The Balaban J connectivity index is 0.000000173. The average molecular weight is 939 g/mol. The number of rotatable bonds is 7. The van der Waals surface area contributed by atoms with E-state index in [0.29, 0.717) is 31.9 Å². The third-order valence-electron chi connectivity index (χ3n) is 11.0. The summed E-state index contributed by atoms with van der Waals surface area (Å²) in [4.78, 5) is 53.7. The number of carbonyl (C=O) groups excluding carboxylic acids is 2. The number of hydrogen-bond donors (Lipinski definition) is 2. The Hall–Kier alpha value is -7.02. The van der Waals surface area contributed by atoms with E-state index in [1.54, 1.807) is 9.80 Å². The number of fused-ring (bicyclic) bond motifs is 2. The molecule has 4 amide bonds. The Morgan fingerprint density at radius 3 is 1.61 bits per heavy atom. The fourth-order valence-electron chi connectivity index (χ4n) is 6.94. The lowest BCUT2D eigenvalue weighted by molar-refractivity contribution is -0.0500. The number of hydrogen-bond acceptors (Lipinski definition) is 11. The predicted octanol–water partition coefficient (Wildman–Crippen LogP) is 9.89. The minimum absolute atomic E-state index is 0.0175. The van der Waals surface area contributed by atoms with E-state index in [1.165, 1.54) is 35.4 Å². The van der Waals surface area contributed by atoms with Crippen LogP contribution in [0.3, 0.4) is 0 Å². The minimum atomic E-state index is -5.74. The zero-order valence-corrected chi connectivity index (χ0v) is 39.6. The summed E-state index contributed by atoms with van der Waals surface area (Å²) in [5, 5.41) is 7.14. The van der Waals surface area contributed by atoms with Gasteiger partial charge in [0.05, 0.1) is 5.69 Å². The smallest absolute Gasteiger partial charge is 0.374 e. The molecule has 0 aliphatic carbocycles. The SMILES string of the molecule is CC1=CCN(C(=O)Nc2ccc(C)c(C)c2)C1.CCc1ncc2cc(-c3cc(NC(=O)N4CC=C(C)C4)ccc3C)c(C)nc2n1.CCc1ncc2cc(OS(=O)(=O)C(F)(F)F)c(C)nc2n1. The summed E-state index contributed by atoms with van der Waals surface area (Å²) in [5.74, 6) is 0.809. The highest BCUT2D eigenvalue weighted by Gasteiger charge is 2.48. The second-order valence-corrected chi connectivity index (χ2v) is 17.9. The normalized spacial score (nSPS) is 13.6. The molecule has 6 heterocycles. The molecular weight excluding hydrogens is 886 g/mol. The number of anilines is 2. The molecule has 0 spiro atoms. The maximum absolute atomic E-state index is 12.5. The number of urea groups is 2. The second-order valence-electron chi connectivity index (χ2n) is 16.3. The summed E-state index contributed by atoms with van der Waals surface area (Å²) >= 11 is 0. The second kappa shape index (κ2) is 20.7. The summed E-state index contributed by atoms with van der Waals surface area (Å²) in [7, 11) is -5.74. The van der Waals surface area contributed by atoms with Crippen LogP contribution in [0, 0.1) is 34.6 Å². The van der Waals surface area contributed by atoms with Crippen molar-refractivity contribution in [2.45, 2.75) is 80.7 Å². The molecule has 0 atom stereocenters. The van der Waals surface area contributed by atoms with Crippen LogP contribution < -0.4 is 14.8 Å². The number of aryl methyl sites for hydroxylation is 7. The molecule has 0 unspecified atom stereocenters. The van der Waals surface area contributed by atoms with Crippen LogP contribution in [0.25, 0.3) is 33.2 Å². The average Bonchev–Trinajstić information content (AvgIpc) is 3.93. The summed E-state index contributed by atoms with van der Waals surface area (Å²) in [5.41, 5.74) is 6.10. The number of pyridine rings is 2. The fraction of sp³-hybridized carbons (Fsp3) is 0.333. The van der Waals surface area contributed by atoms with E-state index in [9.17, 15) is 31.2 Å². The zero-order chi connectivity index (χ0) is 48.8. The molecule has 15 nitrogen and oxygen atoms in total. The highest BCUT2D eigenvalue weighted by Crippen LogP contribution is 2.32. The number of amides is 4. The van der Waals surface area contributed by atoms with Gasteiger partial charge in [-0.2, -0.15) is 21.6 Å². The van der Waals surface area contributed by atoms with Crippen molar-refractivity contribution in [1.29, 1.82) is 0 Å². The molecule has 2 aliphatic rings. The van der Waals surface area contributed by atoms with Crippen molar-refractivity contribution in [3.8, 4) is 16.9 Å². The molecule has 0 bridgehead atoms. The predicted molar refractivity (Wildman–Crippen MR) is 253 cm³/mol. The first-order chi connectivity index (χ1) is 31.6. The molecule has 19 heteroatoms. The van der Waals surface area contributed by atoms with Gasteiger partial charge in [0, 0.05) is 84.8 Å². The van der Waals surface area contributed by atoms with Crippen molar-refractivity contribution in [1.82, 2.24) is 39.7 Å². The first kappa shape index (κ1) is 49.4. The topological polar surface area (TPSA) is 185 Å². The molecule has 67 heavy (non-hydrogen) atoms. The number of nitrogens with zero attached hydrogens (tertiary/aromatic N) is 8. The quantitative estimate of drug-likeness (QED) is 0.0882. The van der Waals surface area contributed by atoms with Crippen molar-refractivity contribution in [3.63, 3.8) is 0 Å². The molecule has 352 valence electrons. The molecule has 2 N–H and O–H groups in total. The van der Waals surface area contributed by atoms with Crippen LogP contribution in [0.1, 0.15) is 67.4 Å². The number of carbonyl (C=O) groups is 2. The summed E-state index contributed by atoms with van der Waals surface area (Å²) in [6.45, 7) is 20.2. The number of benzene rings is 2. The van der Waals surface area contributed by atoms with E-state index < -0.39 is 21.4 Å². The molecule has 6 aromatic rings. The van der Waals surface area contributed by atoms with E-state index >= 15 is 0 Å². The van der Waals surface area contributed by atoms with Gasteiger partial charge in [-0.05, 0) is 107 Å². The molecule has 8 rings (SSSR count). The Labute approximate surface area is 387 Å². The molecule has 0 radical (unpaired) electrons. The largest absolute Gasteiger partial charge is 0.534 e. The van der Waals surface area contributed by atoms with Crippen LogP contribution in [0.2, 0.25) is 0 Å². The maximum atomic E-state index is 12.5. The highest BCUT2D eigenvalue weighted by atomic mass is 32.2. The Bertz CT molecular complexity index is 3030. The minimum Gasteiger partial charge on any atom is -0.374 e. The Morgan fingerprint density at radius 2 is 1.13 bits per heavy atom. The zero-order valence-electron chi connectivity index (χ0n) is 38.8. The van der Waals surface area contributed by atoms with Gasteiger partial charge in [0.15, 0.2) is 17.0 Å². The first-order valence-electron chi connectivity index (χ1n) is 21.5. The lowest BCUT2D eigenvalue weighted by atomic mass is 9.98. The van der Waals surface area contributed by atoms with Gasteiger partial charge in [0.1, 0.15) is 11.6 Å². The van der Waals surface area contributed by atoms with Crippen LogP contribution >= 0.6 is 0 Å². The third kappa shape index (κ3) is 12.3. The van der Waals surface area contributed by atoms with Crippen LogP contribution in [-0.2, 0) is 23.0 Å². The molecule has 2 aromatic carbocycles. The lowest BCUT2D eigenvalue weighted by Gasteiger charge is -2.18. The van der Waals surface area contributed by atoms with Crippen molar-refractivity contribution in [2.24, 2.45) is 0 Å². The fourth-order valence-corrected chi connectivity index (χ4v) is 7.43. The van der Waals surface area contributed by atoms with Crippen molar-refractivity contribution < 1.29 is 35.4 Å². The van der Waals surface area contributed by atoms with Gasteiger partial charge in [-0.3, -0.25) is 0 Å². The van der Waals surface area contributed by atoms with Crippen LogP contribution in [0.15, 0.2) is 84.2 Å². The van der Waals surface area contributed by atoms with Gasteiger partial charge >= 0.3 is 27.7 Å². The first-order valence-corrected chi connectivity index (χ1v) is 22.9. The van der Waals surface area contributed by atoms with E-state index in [1.807, 2.05) is 84.1 Å². The van der Waals surface area contributed by atoms with Crippen molar-refractivity contribution >= 4 is 55.6 Å². The van der Waals surface area contributed by atoms with E-state index in [-0.39, 0.29) is 28.8 Å². The standard InChI is InChI=1S/C23H25N5O.C14H18N2O.C11H10F3N3O3S/c1-5-21-24-12-17-10-20(16(4)25-22(17)27-21)19-11-18(7-6-15(19)3)26-23(29)28-9-8-14(2)13-28;1-10-6-7-16(9-10)14(17)15-13-5-4-11(2)12(3)8-13;1-3-9-15-5-7-4-8(6(2)16-10(7)17-9)20-21(18,19)11(12,13)14/h6-8,10-12H,5,9,13H2,1-4H3,(H,26,29);4-6,8H,7,9H2,1-3H3,(H,15,17);4-5H,3H2,1-2H3. The van der Waals surface area contributed by atoms with Crippen LogP contribution in [0.5, 0.6) is 5.75 Å². The number of alkyl halides is 3. The highest BCUT2D eigenvalue weighted by molar-refractivity contribution is 7.88. The summed E-state index contributed by atoms with van der Waals surface area (Å²) < 4.78 is 63.0. The molecule has 0 saturated heterocycles. The van der Waals surface area contributed by atoms with Crippen LogP contribution in [0.4, 0.5) is 34.1 Å². The molecule has 4 aromatic heterocycles. The number of halogens is 3. The maximum Gasteiger partial charge on any atom is 0.534 e. The van der Waals surface area contributed by atoms with Crippen molar-refractivity contribution in [3.05, 3.63) is 124 Å². The van der Waals surface area contributed by atoms with Gasteiger partial charge in [0.2, 0.25) is 0 Å². The molecule has 2 aliphatic heterocycles.